The number of amides is 4. The maximum atomic E-state index is 12.1. The number of carbonyl (C=O) groups excluding carboxylic acids is 3. The quantitative estimate of drug-likeness (QED) is 0.641. The number of nitrogens with one attached hydrogen (secondary N) is 4. The number of hydrogen-bond donors (Lipinski definition) is 4. The van der Waals surface area contributed by atoms with Crippen molar-refractivity contribution in [3.05, 3.63) is 59.7 Å². The van der Waals surface area contributed by atoms with E-state index in [9.17, 15) is 14.4 Å². The highest BCUT2D eigenvalue weighted by Gasteiger charge is 2.09. The third-order valence-electron chi connectivity index (χ3n) is 3.68. The van der Waals surface area contributed by atoms with Gasteiger partial charge in [0.1, 0.15) is 0 Å². The summed E-state index contributed by atoms with van der Waals surface area (Å²) >= 11 is 0. The van der Waals surface area contributed by atoms with Gasteiger partial charge >= 0.3 is 6.03 Å². The van der Waals surface area contributed by atoms with Crippen LogP contribution in [0.3, 0.4) is 0 Å². The van der Waals surface area contributed by atoms with E-state index in [0.29, 0.717) is 16.9 Å². The minimum atomic E-state index is -0.314. The van der Waals surface area contributed by atoms with Crippen LogP contribution >= 0.6 is 0 Å². The summed E-state index contributed by atoms with van der Waals surface area (Å²) < 4.78 is 0. The summed E-state index contributed by atoms with van der Waals surface area (Å²) in [5, 5.41) is 10.6. The standard InChI is InChI=1S/C19H22N4O3/c1-13-5-3-4-6-16(13)18(25)21-12-11-17(24)22-14-7-9-15(10-8-14)23-19(26)20-2/h3-10H,11-12H2,1-2H3,(H,21,25)(H,22,24)(H2,20,23,26). The SMILES string of the molecule is CNC(=O)Nc1ccc(NC(=O)CCNC(=O)c2ccccc2C)cc1. The molecule has 0 fully saturated rings. The first-order valence-corrected chi connectivity index (χ1v) is 8.22. The van der Waals surface area contributed by atoms with Crippen molar-refractivity contribution in [2.75, 3.05) is 24.2 Å². The molecule has 7 nitrogen and oxygen atoms in total. The van der Waals surface area contributed by atoms with Crippen LogP contribution in [0.5, 0.6) is 0 Å². The second kappa shape index (κ2) is 9.22. The van der Waals surface area contributed by atoms with Crippen molar-refractivity contribution in [2.24, 2.45) is 0 Å². The number of hydrogen-bond acceptors (Lipinski definition) is 3. The number of rotatable bonds is 6. The Kier molecular flexibility index (Phi) is 6.73. The lowest BCUT2D eigenvalue weighted by Gasteiger charge is -2.09. The molecule has 0 aliphatic rings. The van der Waals surface area contributed by atoms with Gasteiger partial charge in [-0.05, 0) is 42.8 Å². The molecular weight excluding hydrogens is 332 g/mol. The van der Waals surface area contributed by atoms with Gasteiger partial charge in [0, 0.05) is 37.0 Å². The van der Waals surface area contributed by atoms with Gasteiger partial charge in [-0.2, -0.15) is 0 Å². The summed E-state index contributed by atoms with van der Waals surface area (Å²) in [7, 11) is 1.53. The van der Waals surface area contributed by atoms with Crippen molar-refractivity contribution in [3.8, 4) is 0 Å². The van der Waals surface area contributed by atoms with Gasteiger partial charge in [-0.1, -0.05) is 18.2 Å². The highest BCUT2D eigenvalue weighted by molar-refractivity contribution is 5.96. The number of anilines is 2. The second-order valence-electron chi connectivity index (χ2n) is 5.65. The Morgan fingerprint density at radius 2 is 1.50 bits per heavy atom. The van der Waals surface area contributed by atoms with Gasteiger partial charge in [-0.25, -0.2) is 4.79 Å². The van der Waals surface area contributed by atoms with Gasteiger partial charge in [0.15, 0.2) is 0 Å². The Morgan fingerprint density at radius 3 is 2.12 bits per heavy atom. The highest BCUT2D eigenvalue weighted by atomic mass is 16.2. The lowest BCUT2D eigenvalue weighted by atomic mass is 10.1. The van der Waals surface area contributed by atoms with Gasteiger partial charge in [-0.15, -0.1) is 0 Å². The summed E-state index contributed by atoms with van der Waals surface area (Å²) in [6.07, 6.45) is 0.163. The number of urea groups is 1. The van der Waals surface area contributed by atoms with E-state index < -0.39 is 0 Å². The molecule has 0 bridgehead atoms. The van der Waals surface area contributed by atoms with E-state index >= 15 is 0 Å². The van der Waals surface area contributed by atoms with Gasteiger partial charge < -0.3 is 21.3 Å². The van der Waals surface area contributed by atoms with Crippen molar-refractivity contribution >= 4 is 29.2 Å². The van der Waals surface area contributed by atoms with E-state index in [2.05, 4.69) is 21.3 Å². The largest absolute Gasteiger partial charge is 0.352 e. The Hall–Kier alpha value is -3.35. The second-order valence-corrected chi connectivity index (χ2v) is 5.65. The summed E-state index contributed by atoms with van der Waals surface area (Å²) in [5.41, 5.74) is 2.72. The van der Waals surface area contributed by atoms with Gasteiger partial charge in [0.2, 0.25) is 5.91 Å². The third-order valence-corrected chi connectivity index (χ3v) is 3.68. The molecule has 0 aromatic heterocycles. The fourth-order valence-electron chi connectivity index (χ4n) is 2.27. The van der Waals surface area contributed by atoms with E-state index in [4.69, 9.17) is 0 Å². The van der Waals surface area contributed by atoms with Crippen LogP contribution < -0.4 is 21.3 Å². The van der Waals surface area contributed by atoms with Crippen molar-refractivity contribution < 1.29 is 14.4 Å². The van der Waals surface area contributed by atoms with Crippen LogP contribution in [0, 0.1) is 6.92 Å². The molecule has 0 spiro atoms. The molecule has 2 aromatic carbocycles. The zero-order valence-corrected chi connectivity index (χ0v) is 14.8. The fourth-order valence-corrected chi connectivity index (χ4v) is 2.27. The maximum Gasteiger partial charge on any atom is 0.318 e. The van der Waals surface area contributed by atoms with Gasteiger partial charge in [0.05, 0.1) is 0 Å². The molecule has 0 saturated heterocycles. The number of carbonyl (C=O) groups is 3. The molecule has 0 radical (unpaired) electrons. The fraction of sp³-hybridized carbons (Fsp3) is 0.211. The average Bonchev–Trinajstić information content (AvgIpc) is 2.63. The molecule has 4 N–H and O–H groups in total. The Balaban J connectivity index is 1.77. The molecule has 0 aliphatic heterocycles. The minimum absolute atomic E-state index is 0.163. The summed E-state index contributed by atoms with van der Waals surface area (Å²) in [4.78, 5) is 35.3. The molecule has 0 atom stereocenters. The lowest BCUT2D eigenvalue weighted by Crippen LogP contribution is -2.28. The first-order chi connectivity index (χ1) is 12.5. The van der Waals surface area contributed by atoms with Crippen molar-refractivity contribution in [1.29, 1.82) is 0 Å². The van der Waals surface area contributed by atoms with Crippen LogP contribution in [-0.2, 0) is 4.79 Å². The monoisotopic (exact) mass is 354 g/mol. The van der Waals surface area contributed by atoms with Crippen LogP contribution in [-0.4, -0.2) is 31.4 Å². The van der Waals surface area contributed by atoms with Crippen LogP contribution in [0.25, 0.3) is 0 Å². The topological polar surface area (TPSA) is 99.3 Å². The van der Waals surface area contributed by atoms with E-state index in [1.807, 2.05) is 19.1 Å². The predicted octanol–water partition coefficient (Wildman–Crippen LogP) is 2.50. The third kappa shape index (κ3) is 5.62. The maximum absolute atomic E-state index is 12.1. The zero-order valence-electron chi connectivity index (χ0n) is 14.8. The molecule has 0 aliphatic carbocycles. The molecule has 2 rings (SSSR count). The van der Waals surface area contributed by atoms with Gasteiger partial charge in [-0.3, -0.25) is 9.59 Å². The van der Waals surface area contributed by atoms with Crippen molar-refractivity contribution in [2.45, 2.75) is 13.3 Å². The Morgan fingerprint density at radius 1 is 0.885 bits per heavy atom. The smallest absolute Gasteiger partial charge is 0.318 e. The van der Waals surface area contributed by atoms with Crippen LogP contribution in [0.4, 0.5) is 16.2 Å². The Labute approximate surface area is 152 Å². The van der Waals surface area contributed by atoms with Crippen LogP contribution in [0.15, 0.2) is 48.5 Å². The zero-order chi connectivity index (χ0) is 18.9. The normalized spacial score (nSPS) is 9.92. The first kappa shape index (κ1) is 19.0. The average molecular weight is 354 g/mol. The van der Waals surface area contributed by atoms with E-state index in [0.717, 1.165) is 5.56 Å². The van der Waals surface area contributed by atoms with Gasteiger partial charge in [0.25, 0.3) is 5.91 Å². The Bertz CT molecular complexity index is 788. The molecule has 26 heavy (non-hydrogen) atoms. The number of benzene rings is 2. The molecule has 4 amide bonds. The summed E-state index contributed by atoms with van der Waals surface area (Å²) in [6.45, 7) is 2.11. The highest BCUT2D eigenvalue weighted by Crippen LogP contribution is 2.13. The molecule has 0 heterocycles. The van der Waals surface area contributed by atoms with Crippen LogP contribution in [0.2, 0.25) is 0 Å². The van der Waals surface area contributed by atoms with E-state index in [1.165, 1.54) is 7.05 Å². The molecule has 7 heteroatoms. The number of aryl methyl sites for hydroxylation is 1. The predicted molar refractivity (Wildman–Crippen MR) is 101 cm³/mol. The molecule has 2 aromatic rings. The first-order valence-electron chi connectivity index (χ1n) is 8.22. The summed E-state index contributed by atoms with van der Waals surface area (Å²) in [5.74, 6) is -0.400. The van der Waals surface area contributed by atoms with Crippen molar-refractivity contribution in [1.82, 2.24) is 10.6 Å². The molecule has 136 valence electrons. The molecule has 0 unspecified atom stereocenters. The molecule has 0 saturated carbocycles. The lowest BCUT2D eigenvalue weighted by molar-refractivity contribution is -0.116. The van der Waals surface area contributed by atoms with E-state index in [1.54, 1.807) is 36.4 Å². The van der Waals surface area contributed by atoms with Crippen LogP contribution in [0.1, 0.15) is 22.3 Å². The minimum Gasteiger partial charge on any atom is -0.352 e. The van der Waals surface area contributed by atoms with E-state index in [-0.39, 0.29) is 30.8 Å². The molecular formula is C19H22N4O3. The van der Waals surface area contributed by atoms with Crippen molar-refractivity contribution in [3.63, 3.8) is 0 Å². The summed E-state index contributed by atoms with van der Waals surface area (Å²) in [6, 6.07) is 13.7.